The maximum Gasteiger partial charge on any atom is 0.234 e. The van der Waals surface area contributed by atoms with Gasteiger partial charge in [0.15, 0.2) is 0 Å². The summed E-state index contributed by atoms with van der Waals surface area (Å²) in [6.07, 6.45) is 0. The molecule has 0 fully saturated rings. The molecule has 1 aromatic rings. The number of nitrogens with zero attached hydrogens (tertiary/aromatic N) is 1. The van der Waals surface area contributed by atoms with Crippen molar-refractivity contribution in [2.45, 2.75) is 19.5 Å². The first-order valence-electron chi connectivity index (χ1n) is 4.86. The number of benzene rings is 1. The van der Waals surface area contributed by atoms with Gasteiger partial charge in [-0.3, -0.25) is 4.79 Å². The standard InChI is InChI=1S/C11H11F2N3O/c1-6(11(15)17)16-5-8-9(12)2-7(4-14)3-10(8)13/h2-3,6,16H,5H2,1H3,(H2,15,17). The van der Waals surface area contributed by atoms with Crippen molar-refractivity contribution in [1.29, 1.82) is 5.26 Å². The Balaban J connectivity index is 2.86. The number of nitrogens with two attached hydrogens (primary N) is 1. The summed E-state index contributed by atoms with van der Waals surface area (Å²) in [6, 6.07) is 2.83. The second kappa shape index (κ2) is 5.37. The molecule has 1 amide bonds. The van der Waals surface area contributed by atoms with Gasteiger partial charge in [0.25, 0.3) is 0 Å². The van der Waals surface area contributed by atoms with Crippen molar-refractivity contribution in [2.75, 3.05) is 0 Å². The number of amides is 1. The summed E-state index contributed by atoms with van der Waals surface area (Å²) in [5.74, 6) is -2.27. The first-order chi connectivity index (χ1) is 7.95. The minimum absolute atomic E-state index is 0.0910. The van der Waals surface area contributed by atoms with Crippen molar-refractivity contribution in [3.63, 3.8) is 0 Å². The van der Waals surface area contributed by atoms with Gasteiger partial charge in [-0.1, -0.05) is 0 Å². The minimum Gasteiger partial charge on any atom is -0.368 e. The average molecular weight is 239 g/mol. The lowest BCUT2D eigenvalue weighted by atomic mass is 10.1. The first kappa shape index (κ1) is 13.1. The summed E-state index contributed by atoms with van der Waals surface area (Å²) in [5, 5.41) is 11.1. The number of nitrogens with one attached hydrogen (secondary N) is 1. The number of carbonyl (C=O) groups is 1. The van der Waals surface area contributed by atoms with Crippen LogP contribution >= 0.6 is 0 Å². The van der Waals surface area contributed by atoms with Gasteiger partial charge in [-0.15, -0.1) is 0 Å². The van der Waals surface area contributed by atoms with Gasteiger partial charge in [0, 0.05) is 12.1 Å². The van der Waals surface area contributed by atoms with Crippen molar-refractivity contribution in [1.82, 2.24) is 5.32 Å². The number of rotatable bonds is 4. The molecule has 1 rings (SSSR count). The zero-order valence-corrected chi connectivity index (χ0v) is 9.13. The van der Waals surface area contributed by atoms with Gasteiger partial charge in [-0.05, 0) is 19.1 Å². The predicted octanol–water partition coefficient (Wildman–Crippen LogP) is 0.800. The van der Waals surface area contributed by atoms with Crippen LogP contribution in [-0.2, 0) is 11.3 Å². The van der Waals surface area contributed by atoms with E-state index in [1.165, 1.54) is 6.92 Å². The molecule has 0 aliphatic heterocycles. The second-order valence-corrected chi connectivity index (χ2v) is 3.54. The number of hydrogen-bond acceptors (Lipinski definition) is 3. The van der Waals surface area contributed by atoms with Gasteiger partial charge in [0.1, 0.15) is 11.6 Å². The number of carbonyl (C=O) groups excluding carboxylic acids is 1. The highest BCUT2D eigenvalue weighted by Crippen LogP contribution is 2.15. The van der Waals surface area contributed by atoms with Crippen LogP contribution in [0, 0.1) is 23.0 Å². The fourth-order valence-electron chi connectivity index (χ4n) is 1.19. The Hall–Kier alpha value is -2.00. The predicted molar refractivity (Wildman–Crippen MR) is 56.6 cm³/mol. The van der Waals surface area contributed by atoms with Crippen LogP contribution < -0.4 is 11.1 Å². The van der Waals surface area contributed by atoms with E-state index in [1.54, 1.807) is 6.07 Å². The molecular formula is C11H11F2N3O. The summed E-state index contributed by atoms with van der Waals surface area (Å²) in [7, 11) is 0. The van der Waals surface area contributed by atoms with E-state index in [0.29, 0.717) is 0 Å². The van der Waals surface area contributed by atoms with E-state index in [9.17, 15) is 13.6 Å². The Labute approximate surface area is 97.0 Å². The summed E-state index contributed by atoms with van der Waals surface area (Å²) in [6.45, 7) is 1.31. The Morgan fingerprint density at radius 1 is 1.53 bits per heavy atom. The van der Waals surface area contributed by atoms with Gasteiger partial charge in [-0.25, -0.2) is 8.78 Å². The fourth-order valence-corrected chi connectivity index (χ4v) is 1.19. The average Bonchev–Trinajstić information content (AvgIpc) is 2.27. The van der Waals surface area contributed by atoms with Crippen LogP contribution in [0.25, 0.3) is 0 Å². The third-order valence-corrected chi connectivity index (χ3v) is 2.28. The topological polar surface area (TPSA) is 78.9 Å². The van der Waals surface area contributed by atoms with Crippen LogP contribution in [0.3, 0.4) is 0 Å². The van der Waals surface area contributed by atoms with Crippen molar-refractivity contribution in [3.8, 4) is 6.07 Å². The Morgan fingerprint density at radius 3 is 2.47 bits per heavy atom. The molecule has 0 aromatic heterocycles. The zero-order valence-electron chi connectivity index (χ0n) is 9.13. The molecule has 3 N–H and O–H groups in total. The van der Waals surface area contributed by atoms with Crippen molar-refractivity contribution in [3.05, 3.63) is 34.9 Å². The van der Waals surface area contributed by atoms with E-state index >= 15 is 0 Å². The molecule has 6 heteroatoms. The Morgan fingerprint density at radius 2 is 2.06 bits per heavy atom. The quantitative estimate of drug-likeness (QED) is 0.815. The smallest absolute Gasteiger partial charge is 0.234 e. The number of hydrogen-bond donors (Lipinski definition) is 2. The summed E-state index contributed by atoms with van der Waals surface area (Å²) in [5.41, 5.74) is 4.67. The molecule has 1 aromatic carbocycles. The summed E-state index contributed by atoms with van der Waals surface area (Å²) in [4.78, 5) is 10.7. The van der Waals surface area contributed by atoms with Crippen LogP contribution in [0.4, 0.5) is 8.78 Å². The number of nitriles is 1. The summed E-state index contributed by atoms with van der Waals surface area (Å²) < 4.78 is 26.8. The molecule has 90 valence electrons. The molecule has 1 unspecified atom stereocenters. The molecule has 0 aliphatic rings. The molecule has 4 nitrogen and oxygen atoms in total. The normalized spacial score (nSPS) is 11.9. The lowest BCUT2D eigenvalue weighted by molar-refractivity contribution is -0.119. The number of primary amides is 1. The highest BCUT2D eigenvalue weighted by molar-refractivity contribution is 5.79. The van der Waals surface area contributed by atoms with Crippen LogP contribution in [0.5, 0.6) is 0 Å². The maximum atomic E-state index is 13.4. The Kier molecular flexibility index (Phi) is 4.12. The molecule has 17 heavy (non-hydrogen) atoms. The Bertz CT molecular complexity index is 459. The molecule has 0 saturated carbocycles. The molecule has 0 spiro atoms. The second-order valence-electron chi connectivity index (χ2n) is 3.54. The third-order valence-electron chi connectivity index (χ3n) is 2.28. The van der Waals surface area contributed by atoms with E-state index in [4.69, 9.17) is 11.0 Å². The SMILES string of the molecule is CC(NCc1c(F)cc(C#N)cc1F)C(N)=O. The van der Waals surface area contributed by atoms with E-state index in [0.717, 1.165) is 12.1 Å². The fraction of sp³-hybridized carbons (Fsp3) is 0.273. The molecule has 0 bridgehead atoms. The van der Waals surface area contributed by atoms with E-state index in [2.05, 4.69) is 5.32 Å². The highest BCUT2D eigenvalue weighted by atomic mass is 19.1. The van der Waals surface area contributed by atoms with Gasteiger partial charge in [0.2, 0.25) is 5.91 Å². The largest absolute Gasteiger partial charge is 0.368 e. The third kappa shape index (κ3) is 3.23. The van der Waals surface area contributed by atoms with Gasteiger partial charge in [-0.2, -0.15) is 5.26 Å². The van der Waals surface area contributed by atoms with E-state index in [1.807, 2.05) is 0 Å². The van der Waals surface area contributed by atoms with Gasteiger partial charge >= 0.3 is 0 Å². The van der Waals surface area contributed by atoms with Gasteiger partial charge in [0.05, 0.1) is 17.7 Å². The zero-order chi connectivity index (χ0) is 13.0. The minimum atomic E-state index is -0.828. The highest BCUT2D eigenvalue weighted by Gasteiger charge is 2.14. The molecule has 1 atom stereocenters. The van der Waals surface area contributed by atoms with Gasteiger partial charge < -0.3 is 11.1 Å². The van der Waals surface area contributed by atoms with Crippen LogP contribution in [0.15, 0.2) is 12.1 Å². The van der Waals surface area contributed by atoms with Crippen molar-refractivity contribution in [2.24, 2.45) is 5.73 Å². The number of halogens is 2. The lowest BCUT2D eigenvalue weighted by Gasteiger charge is -2.11. The van der Waals surface area contributed by atoms with Crippen LogP contribution in [0.1, 0.15) is 18.1 Å². The first-order valence-corrected chi connectivity index (χ1v) is 4.86. The summed E-state index contributed by atoms with van der Waals surface area (Å²) >= 11 is 0. The van der Waals surface area contributed by atoms with Crippen molar-refractivity contribution >= 4 is 5.91 Å². The van der Waals surface area contributed by atoms with Crippen LogP contribution in [0.2, 0.25) is 0 Å². The maximum absolute atomic E-state index is 13.4. The lowest BCUT2D eigenvalue weighted by Crippen LogP contribution is -2.38. The molecule has 0 heterocycles. The monoisotopic (exact) mass is 239 g/mol. The van der Waals surface area contributed by atoms with E-state index in [-0.39, 0.29) is 17.7 Å². The van der Waals surface area contributed by atoms with Crippen molar-refractivity contribution < 1.29 is 13.6 Å². The molecule has 0 radical (unpaired) electrons. The van der Waals surface area contributed by atoms with Crippen LogP contribution in [-0.4, -0.2) is 11.9 Å². The van der Waals surface area contributed by atoms with E-state index < -0.39 is 23.6 Å². The molecule has 0 saturated heterocycles. The molecule has 0 aliphatic carbocycles. The molecular weight excluding hydrogens is 228 g/mol.